The lowest BCUT2D eigenvalue weighted by atomic mass is 10.2. The summed E-state index contributed by atoms with van der Waals surface area (Å²) in [5.41, 5.74) is 1.95. The third kappa shape index (κ3) is 4.98. The molecule has 0 amide bonds. The highest BCUT2D eigenvalue weighted by molar-refractivity contribution is 7.98. The van der Waals surface area contributed by atoms with Crippen LogP contribution in [0.5, 0.6) is 17.2 Å². The van der Waals surface area contributed by atoms with Crippen molar-refractivity contribution >= 4 is 56.4 Å². The second kappa shape index (κ2) is 10.1. The van der Waals surface area contributed by atoms with E-state index in [1.807, 2.05) is 36.4 Å². The first-order chi connectivity index (χ1) is 15.9. The summed E-state index contributed by atoms with van der Waals surface area (Å²) in [4.78, 5) is 13.0. The van der Waals surface area contributed by atoms with Crippen LogP contribution in [0, 0.1) is 13.8 Å². The topological polar surface area (TPSA) is 65.5 Å². The Morgan fingerprint density at radius 2 is 1.64 bits per heavy atom. The summed E-state index contributed by atoms with van der Waals surface area (Å²) in [7, 11) is 4.79. The van der Waals surface area contributed by atoms with E-state index in [4.69, 9.17) is 35.8 Å². The van der Waals surface area contributed by atoms with Crippen LogP contribution >= 0.6 is 34.7 Å². The van der Waals surface area contributed by atoms with Gasteiger partial charge in [0, 0.05) is 32.6 Å². The predicted molar refractivity (Wildman–Crippen MR) is 137 cm³/mol. The Kier molecular flexibility index (Phi) is 7.17. The van der Waals surface area contributed by atoms with Crippen molar-refractivity contribution in [3.8, 4) is 17.2 Å². The SMILES string of the molecule is COc1cc(Nc2nc(CSc3ccc(Cl)cc3)nc3sc(C)c(C)c23)cc(OC)c1OC. The fraction of sp³-hybridized carbons (Fsp3) is 0.250. The third-order valence-electron chi connectivity index (χ3n) is 5.18. The number of nitrogens with zero attached hydrogens (tertiary/aromatic N) is 2. The number of benzene rings is 2. The van der Waals surface area contributed by atoms with Crippen molar-refractivity contribution < 1.29 is 14.2 Å². The Bertz CT molecular complexity index is 1270. The van der Waals surface area contributed by atoms with Gasteiger partial charge in [-0.05, 0) is 43.7 Å². The van der Waals surface area contributed by atoms with E-state index >= 15 is 0 Å². The van der Waals surface area contributed by atoms with Crippen LogP contribution in [-0.2, 0) is 5.75 Å². The summed E-state index contributed by atoms with van der Waals surface area (Å²) >= 11 is 9.35. The number of methoxy groups -OCH3 is 3. The number of thioether (sulfide) groups is 1. The Labute approximate surface area is 206 Å². The summed E-state index contributed by atoms with van der Waals surface area (Å²) in [5.74, 6) is 3.82. The minimum atomic E-state index is 0.543. The molecule has 0 spiro atoms. The van der Waals surface area contributed by atoms with Gasteiger partial charge in [-0.25, -0.2) is 9.97 Å². The lowest BCUT2D eigenvalue weighted by Gasteiger charge is -2.15. The highest BCUT2D eigenvalue weighted by Gasteiger charge is 2.18. The molecule has 2 heterocycles. The first-order valence-electron chi connectivity index (χ1n) is 10.2. The second-order valence-corrected chi connectivity index (χ2v) is 9.92. The van der Waals surface area contributed by atoms with Gasteiger partial charge in [0.1, 0.15) is 16.5 Å². The number of anilines is 2. The Balaban J connectivity index is 1.72. The molecule has 0 aliphatic carbocycles. The van der Waals surface area contributed by atoms with Gasteiger partial charge in [0.25, 0.3) is 0 Å². The van der Waals surface area contributed by atoms with Crippen LogP contribution < -0.4 is 19.5 Å². The zero-order valence-electron chi connectivity index (χ0n) is 19.0. The van der Waals surface area contributed by atoms with Crippen LogP contribution in [0.15, 0.2) is 41.3 Å². The number of fused-ring (bicyclic) bond motifs is 1. The van der Waals surface area contributed by atoms with E-state index in [0.29, 0.717) is 23.0 Å². The van der Waals surface area contributed by atoms with E-state index in [-0.39, 0.29) is 0 Å². The maximum absolute atomic E-state index is 6.00. The van der Waals surface area contributed by atoms with Crippen LogP contribution in [0.2, 0.25) is 5.02 Å². The van der Waals surface area contributed by atoms with E-state index in [1.54, 1.807) is 44.4 Å². The average Bonchev–Trinajstić information content (AvgIpc) is 3.11. The van der Waals surface area contributed by atoms with E-state index in [2.05, 4.69) is 19.2 Å². The molecule has 0 saturated heterocycles. The summed E-state index contributed by atoms with van der Waals surface area (Å²) in [6.45, 7) is 4.20. The number of aromatic nitrogens is 2. The van der Waals surface area contributed by atoms with Gasteiger partial charge in [0.2, 0.25) is 5.75 Å². The molecule has 0 bridgehead atoms. The van der Waals surface area contributed by atoms with Crippen LogP contribution in [0.4, 0.5) is 11.5 Å². The van der Waals surface area contributed by atoms with Crippen LogP contribution in [0.3, 0.4) is 0 Å². The summed E-state index contributed by atoms with van der Waals surface area (Å²) in [6, 6.07) is 11.5. The zero-order valence-corrected chi connectivity index (χ0v) is 21.4. The van der Waals surface area contributed by atoms with Gasteiger partial charge in [0.15, 0.2) is 11.5 Å². The molecule has 0 aliphatic heterocycles. The molecule has 9 heteroatoms. The lowest BCUT2D eigenvalue weighted by molar-refractivity contribution is 0.324. The van der Waals surface area contributed by atoms with Crippen molar-refractivity contribution in [3.63, 3.8) is 0 Å². The summed E-state index contributed by atoms with van der Waals surface area (Å²) < 4.78 is 16.5. The predicted octanol–water partition coefficient (Wildman–Crippen LogP) is 7.02. The molecule has 2 aromatic heterocycles. The Morgan fingerprint density at radius 1 is 0.970 bits per heavy atom. The van der Waals surface area contributed by atoms with Gasteiger partial charge >= 0.3 is 0 Å². The number of nitrogens with one attached hydrogen (secondary N) is 1. The summed E-state index contributed by atoms with van der Waals surface area (Å²) in [6.07, 6.45) is 0. The van der Waals surface area contributed by atoms with Crippen LogP contribution in [0.1, 0.15) is 16.3 Å². The molecule has 33 heavy (non-hydrogen) atoms. The molecular formula is C24H24ClN3O3S2. The number of thiophene rings is 1. The quantitative estimate of drug-likeness (QED) is 0.260. The number of aryl methyl sites for hydroxylation is 2. The summed E-state index contributed by atoms with van der Waals surface area (Å²) in [5, 5.41) is 5.20. The maximum atomic E-state index is 6.00. The molecule has 4 aromatic rings. The van der Waals surface area contributed by atoms with E-state index in [0.717, 1.165) is 37.5 Å². The molecule has 6 nitrogen and oxygen atoms in total. The maximum Gasteiger partial charge on any atom is 0.203 e. The fourth-order valence-electron chi connectivity index (χ4n) is 3.42. The second-order valence-electron chi connectivity index (χ2n) is 7.23. The normalized spacial score (nSPS) is 11.0. The van der Waals surface area contributed by atoms with Gasteiger partial charge in [-0.1, -0.05) is 11.6 Å². The number of halogens is 1. The first-order valence-corrected chi connectivity index (χ1v) is 12.3. The van der Waals surface area contributed by atoms with E-state index in [1.165, 1.54) is 10.4 Å². The van der Waals surface area contributed by atoms with E-state index in [9.17, 15) is 0 Å². The van der Waals surface area contributed by atoms with Crippen molar-refractivity contribution in [2.75, 3.05) is 26.6 Å². The molecule has 2 aromatic carbocycles. The van der Waals surface area contributed by atoms with Crippen molar-refractivity contribution in [1.29, 1.82) is 0 Å². The highest BCUT2D eigenvalue weighted by atomic mass is 35.5. The number of hydrogen-bond donors (Lipinski definition) is 1. The molecule has 0 radical (unpaired) electrons. The van der Waals surface area contributed by atoms with E-state index < -0.39 is 0 Å². The van der Waals surface area contributed by atoms with Crippen LogP contribution in [0.25, 0.3) is 10.2 Å². The zero-order chi connectivity index (χ0) is 23.5. The minimum Gasteiger partial charge on any atom is -0.493 e. The standard InChI is InChI=1S/C24H24ClN3O3S2/c1-13-14(2)33-24-21(13)23(26-16-10-18(29-3)22(31-5)19(11-16)30-4)27-20(28-24)12-32-17-8-6-15(25)7-9-17/h6-11H,12H2,1-5H3,(H,26,27,28). The van der Waals surface area contributed by atoms with Gasteiger partial charge in [-0.15, -0.1) is 23.1 Å². The van der Waals surface area contributed by atoms with Crippen LogP contribution in [-0.4, -0.2) is 31.3 Å². The molecule has 1 N–H and O–H groups in total. The highest BCUT2D eigenvalue weighted by Crippen LogP contribution is 2.42. The van der Waals surface area contributed by atoms with Crippen molar-refractivity contribution in [3.05, 3.63) is 57.7 Å². The molecular weight excluding hydrogens is 478 g/mol. The van der Waals surface area contributed by atoms with Gasteiger partial charge in [-0.2, -0.15) is 0 Å². The van der Waals surface area contributed by atoms with Gasteiger partial charge in [0.05, 0.1) is 32.5 Å². The van der Waals surface area contributed by atoms with Crippen molar-refractivity contribution in [2.24, 2.45) is 0 Å². The molecule has 0 unspecified atom stereocenters. The average molecular weight is 502 g/mol. The van der Waals surface area contributed by atoms with Gasteiger partial charge < -0.3 is 19.5 Å². The lowest BCUT2D eigenvalue weighted by Crippen LogP contribution is -2.02. The molecule has 0 aliphatic rings. The molecule has 172 valence electrons. The molecule has 0 atom stereocenters. The molecule has 0 fully saturated rings. The van der Waals surface area contributed by atoms with Crippen molar-refractivity contribution in [2.45, 2.75) is 24.5 Å². The minimum absolute atomic E-state index is 0.543. The Hall–Kier alpha value is -2.68. The largest absolute Gasteiger partial charge is 0.493 e. The van der Waals surface area contributed by atoms with Crippen molar-refractivity contribution in [1.82, 2.24) is 9.97 Å². The number of rotatable bonds is 8. The monoisotopic (exact) mass is 501 g/mol. The first kappa shape index (κ1) is 23.5. The number of hydrogen-bond acceptors (Lipinski definition) is 8. The van der Waals surface area contributed by atoms with Gasteiger partial charge in [-0.3, -0.25) is 0 Å². The Morgan fingerprint density at radius 3 is 2.24 bits per heavy atom. The smallest absolute Gasteiger partial charge is 0.203 e. The third-order valence-corrected chi connectivity index (χ3v) is 7.55. The fourth-order valence-corrected chi connectivity index (χ4v) is 5.34. The number of ether oxygens (including phenoxy) is 3. The molecule has 0 saturated carbocycles. The molecule has 4 rings (SSSR count).